The number of aliphatic hydroxyl groups is 1. The van der Waals surface area contributed by atoms with Crippen LogP contribution >= 0.6 is 0 Å². The lowest BCUT2D eigenvalue weighted by atomic mass is 9.72. The van der Waals surface area contributed by atoms with E-state index in [2.05, 4.69) is 5.92 Å². The first kappa shape index (κ1) is 9.05. The van der Waals surface area contributed by atoms with Gasteiger partial charge in [0.1, 0.15) is 6.10 Å². The summed E-state index contributed by atoms with van der Waals surface area (Å²) in [4.78, 5) is 0. The van der Waals surface area contributed by atoms with E-state index in [4.69, 9.17) is 11.2 Å². The molecule has 1 N–H and O–H groups in total. The van der Waals surface area contributed by atoms with Gasteiger partial charge in [-0.15, -0.1) is 12.3 Å². The molecule has 3 atom stereocenters. The lowest BCUT2D eigenvalue weighted by Gasteiger charge is -2.38. The van der Waals surface area contributed by atoms with Gasteiger partial charge in [-0.05, 0) is 12.8 Å². The minimum atomic E-state index is -0.607. The summed E-state index contributed by atoms with van der Waals surface area (Å²) >= 11 is 0. The number of hydrogen-bond acceptors (Lipinski definition) is 2. The summed E-state index contributed by atoms with van der Waals surface area (Å²) in [7, 11) is 0. The van der Waals surface area contributed by atoms with Crippen LogP contribution in [0.3, 0.4) is 0 Å². The molecule has 1 aliphatic heterocycles. The molecule has 1 saturated heterocycles. The molecule has 1 aliphatic carbocycles. The van der Waals surface area contributed by atoms with Crippen LogP contribution in [0.1, 0.15) is 32.1 Å². The summed E-state index contributed by atoms with van der Waals surface area (Å²) < 4.78 is 5.21. The Morgan fingerprint density at radius 2 is 2.31 bits per heavy atom. The largest absolute Gasteiger partial charge is 0.387 e. The Labute approximate surface area is 79.3 Å². The zero-order valence-electron chi connectivity index (χ0n) is 7.83. The summed E-state index contributed by atoms with van der Waals surface area (Å²) in [5.41, 5.74) is -0.607. The van der Waals surface area contributed by atoms with Gasteiger partial charge in [-0.2, -0.15) is 0 Å². The zero-order chi connectivity index (χ0) is 9.31. The van der Waals surface area contributed by atoms with Crippen LogP contribution in [-0.4, -0.2) is 23.4 Å². The highest BCUT2D eigenvalue weighted by molar-refractivity contribution is 5.04. The van der Waals surface area contributed by atoms with Crippen molar-refractivity contribution in [2.75, 3.05) is 6.61 Å². The van der Waals surface area contributed by atoms with Gasteiger partial charge in [-0.3, -0.25) is 0 Å². The van der Waals surface area contributed by atoms with Crippen LogP contribution in [0, 0.1) is 18.3 Å². The summed E-state index contributed by atoms with van der Waals surface area (Å²) in [5.74, 6) is 2.92. The fourth-order valence-electron chi connectivity index (χ4n) is 2.43. The minimum absolute atomic E-state index is 0.0751. The maximum absolute atomic E-state index is 10.4. The fourth-order valence-corrected chi connectivity index (χ4v) is 2.43. The average Bonchev–Trinajstić information content (AvgIpc) is 2.92. The van der Waals surface area contributed by atoms with Crippen molar-refractivity contribution in [3.63, 3.8) is 0 Å². The third kappa shape index (κ3) is 1.59. The lowest BCUT2D eigenvalue weighted by Crippen LogP contribution is -2.45. The van der Waals surface area contributed by atoms with Crippen molar-refractivity contribution in [3.8, 4) is 12.3 Å². The number of ether oxygens (including phenoxy) is 1. The molecule has 0 bridgehead atoms. The summed E-state index contributed by atoms with van der Waals surface area (Å²) in [5, 5.41) is 10.4. The van der Waals surface area contributed by atoms with Gasteiger partial charge in [0.15, 0.2) is 0 Å². The van der Waals surface area contributed by atoms with Gasteiger partial charge >= 0.3 is 0 Å². The molecule has 2 nitrogen and oxygen atoms in total. The molecule has 13 heavy (non-hydrogen) atoms. The Hall–Kier alpha value is -0.520. The molecule has 2 aliphatic rings. The van der Waals surface area contributed by atoms with E-state index < -0.39 is 5.60 Å². The molecule has 0 aromatic rings. The van der Waals surface area contributed by atoms with Crippen LogP contribution in [0.5, 0.6) is 0 Å². The van der Waals surface area contributed by atoms with Crippen molar-refractivity contribution >= 4 is 0 Å². The van der Waals surface area contributed by atoms with Crippen LogP contribution < -0.4 is 0 Å². The molecule has 0 spiro atoms. The van der Waals surface area contributed by atoms with Gasteiger partial charge in [-0.25, -0.2) is 0 Å². The van der Waals surface area contributed by atoms with Gasteiger partial charge in [0.05, 0.1) is 12.2 Å². The number of rotatable bonds is 2. The number of terminal acetylenes is 1. The number of epoxide rings is 1. The third-order valence-corrected chi connectivity index (χ3v) is 3.34. The Morgan fingerprint density at radius 1 is 1.54 bits per heavy atom. The normalized spacial score (nSPS) is 44.0. The molecule has 0 radical (unpaired) electrons. The first-order valence-electron chi connectivity index (χ1n) is 5.05. The smallest absolute Gasteiger partial charge is 0.110 e. The molecule has 0 aromatic heterocycles. The quantitative estimate of drug-likeness (QED) is 0.513. The van der Waals surface area contributed by atoms with Crippen LogP contribution in [0.2, 0.25) is 0 Å². The van der Waals surface area contributed by atoms with Gasteiger partial charge in [-0.1, -0.05) is 12.8 Å². The second kappa shape index (κ2) is 3.32. The summed E-state index contributed by atoms with van der Waals surface area (Å²) in [6.45, 7) is 0.720. The molecule has 1 heterocycles. The van der Waals surface area contributed by atoms with E-state index in [9.17, 15) is 5.11 Å². The molecule has 2 fully saturated rings. The molecule has 0 unspecified atom stereocenters. The molecule has 1 saturated carbocycles. The van der Waals surface area contributed by atoms with E-state index in [1.54, 1.807) is 0 Å². The Kier molecular flexibility index (Phi) is 2.31. The van der Waals surface area contributed by atoms with E-state index in [0.717, 1.165) is 25.9 Å². The SMILES string of the molecule is C#CC[C@H]1CCCC[C@]1(O)[C@@H]1CO1. The second-order valence-electron chi connectivity index (χ2n) is 4.16. The average molecular weight is 180 g/mol. The first-order chi connectivity index (χ1) is 6.27. The van der Waals surface area contributed by atoms with Crippen LogP contribution in [0.4, 0.5) is 0 Å². The van der Waals surface area contributed by atoms with Crippen molar-refractivity contribution in [1.82, 2.24) is 0 Å². The monoisotopic (exact) mass is 180 g/mol. The van der Waals surface area contributed by atoms with E-state index in [0.29, 0.717) is 6.42 Å². The lowest BCUT2D eigenvalue weighted by molar-refractivity contribution is -0.0666. The van der Waals surface area contributed by atoms with E-state index in [1.807, 2.05) is 0 Å². The molecule has 2 rings (SSSR count). The van der Waals surface area contributed by atoms with Crippen molar-refractivity contribution in [2.24, 2.45) is 5.92 Å². The van der Waals surface area contributed by atoms with Crippen molar-refractivity contribution in [2.45, 2.75) is 43.8 Å². The van der Waals surface area contributed by atoms with Crippen molar-refractivity contribution in [1.29, 1.82) is 0 Å². The molecular formula is C11H16O2. The minimum Gasteiger partial charge on any atom is -0.387 e. The Morgan fingerprint density at radius 3 is 2.92 bits per heavy atom. The molecule has 2 heteroatoms. The summed E-state index contributed by atoms with van der Waals surface area (Å²) in [6, 6.07) is 0. The fraction of sp³-hybridized carbons (Fsp3) is 0.818. The van der Waals surface area contributed by atoms with Crippen molar-refractivity contribution < 1.29 is 9.84 Å². The molecule has 0 aromatic carbocycles. The maximum Gasteiger partial charge on any atom is 0.110 e. The first-order valence-corrected chi connectivity index (χ1v) is 5.05. The van der Waals surface area contributed by atoms with E-state index >= 15 is 0 Å². The van der Waals surface area contributed by atoms with Crippen LogP contribution in [0.15, 0.2) is 0 Å². The predicted molar refractivity (Wildman–Crippen MR) is 50.1 cm³/mol. The molecular weight excluding hydrogens is 164 g/mol. The Balaban J connectivity index is 2.07. The van der Waals surface area contributed by atoms with Gasteiger partial charge in [0, 0.05) is 12.3 Å². The van der Waals surface area contributed by atoms with Crippen LogP contribution in [0.25, 0.3) is 0 Å². The topological polar surface area (TPSA) is 32.8 Å². The van der Waals surface area contributed by atoms with E-state index in [1.165, 1.54) is 6.42 Å². The van der Waals surface area contributed by atoms with Gasteiger partial charge in [0.25, 0.3) is 0 Å². The standard InChI is InChI=1S/C11H16O2/c1-2-5-9-6-3-4-7-11(9,12)10-8-13-10/h1,9-10,12H,3-8H2/t9-,10-,11+/m0/s1. The highest BCUT2D eigenvalue weighted by Gasteiger charge is 2.51. The second-order valence-corrected chi connectivity index (χ2v) is 4.16. The van der Waals surface area contributed by atoms with Crippen LogP contribution in [-0.2, 0) is 4.74 Å². The maximum atomic E-state index is 10.4. The molecule has 72 valence electrons. The molecule has 0 amide bonds. The highest BCUT2D eigenvalue weighted by atomic mass is 16.6. The summed E-state index contributed by atoms with van der Waals surface area (Å²) in [6.07, 6.45) is 10.3. The predicted octanol–water partition coefficient (Wildman–Crippen LogP) is 1.33. The Bertz CT molecular complexity index is 227. The zero-order valence-corrected chi connectivity index (χ0v) is 7.83. The van der Waals surface area contributed by atoms with Gasteiger partial charge < -0.3 is 9.84 Å². The number of hydrogen-bond donors (Lipinski definition) is 1. The van der Waals surface area contributed by atoms with Gasteiger partial charge in [0.2, 0.25) is 0 Å². The third-order valence-electron chi connectivity index (χ3n) is 3.34. The highest BCUT2D eigenvalue weighted by Crippen LogP contribution is 2.42. The van der Waals surface area contributed by atoms with Crippen molar-refractivity contribution in [3.05, 3.63) is 0 Å². The van der Waals surface area contributed by atoms with E-state index in [-0.39, 0.29) is 12.0 Å².